The fraction of sp³-hybridized carbons (Fsp3) is 0.389. The van der Waals surface area contributed by atoms with Crippen LogP contribution in [0.1, 0.15) is 35.0 Å². The number of fused-ring (bicyclic) bond motifs is 1. The number of rotatable bonds is 5. The lowest BCUT2D eigenvalue weighted by Crippen LogP contribution is -2.36. The summed E-state index contributed by atoms with van der Waals surface area (Å²) >= 11 is 0. The summed E-state index contributed by atoms with van der Waals surface area (Å²) in [6.45, 7) is 2.87. The quantitative estimate of drug-likeness (QED) is 0.914. The molecule has 3 heterocycles. The van der Waals surface area contributed by atoms with E-state index >= 15 is 0 Å². The Hall–Kier alpha value is -2.47. The highest BCUT2D eigenvalue weighted by Gasteiger charge is 2.26. The first-order chi connectivity index (χ1) is 11.8. The maximum atomic E-state index is 12.2. The maximum absolute atomic E-state index is 12.2. The lowest BCUT2D eigenvalue weighted by atomic mass is 10.0. The van der Waals surface area contributed by atoms with Gasteiger partial charge in [-0.15, -0.1) is 0 Å². The molecular weight excluding hydrogens is 308 g/mol. The van der Waals surface area contributed by atoms with Crippen LogP contribution in [0.25, 0.3) is 0 Å². The van der Waals surface area contributed by atoms with Crippen molar-refractivity contribution in [3.63, 3.8) is 0 Å². The lowest BCUT2D eigenvalue weighted by Gasteiger charge is -2.28. The third-order valence-electron chi connectivity index (χ3n) is 4.56. The molecule has 0 radical (unpaired) electrons. The van der Waals surface area contributed by atoms with Gasteiger partial charge in [-0.1, -0.05) is 6.07 Å². The second-order valence-electron chi connectivity index (χ2n) is 6.06. The molecule has 2 aromatic rings. The van der Waals surface area contributed by atoms with E-state index in [9.17, 15) is 4.79 Å². The number of amides is 1. The molecule has 2 aliphatic heterocycles. The lowest BCUT2D eigenvalue weighted by molar-refractivity contribution is 0.0910. The monoisotopic (exact) mass is 328 g/mol. The number of furan rings is 1. The van der Waals surface area contributed by atoms with Crippen LogP contribution in [0.2, 0.25) is 0 Å². The second-order valence-corrected chi connectivity index (χ2v) is 6.06. The average molecular weight is 328 g/mol. The Morgan fingerprint density at radius 1 is 1.17 bits per heavy atom. The van der Waals surface area contributed by atoms with Gasteiger partial charge >= 0.3 is 0 Å². The largest absolute Gasteiger partial charge is 0.459 e. The van der Waals surface area contributed by atoms with Gasteiger partial charge in [0.1, 0.15) is 0 Å². The molecule has 6 nitrogen and oxygen atoms in total. The Balaban J connectivity index is 1.52. The van der Waals surface area contributed by atoms with Gasteiger partial charge in [0.2, 0.25) is 6.79 Å². The molecule has 0 bridgehead atoms. The number of hydrogen-bond acceptors (Lipinski definition) is 5. The normalized spacial score (nSPS) is 17.8. The standard InChI is InChI=1S/C18H20N2O4/c21-18(16-4-3-9-22-16)19-11-14(20-7-1-2-8-20)13-5-6-15-17(10-13)24-12-23-15/h3-6,9-10,14H,1-2,7-8,11-12H2,(H,19,21). The molecular formula is C18H20N2O4. The SMILES string of the molecule is O=C(NCC(c1ccc2c(c1)OCO2)N1CCCC1)c1ccco1. The predicted molar refractivity (Wildman–Crippen MR) is 87.2 cm³/mol. The Kier molecular flexibility index (Phi) is 4.13. The highest BCUT2D eigenvalue weighted by molar-refractivity contribution is 5.91. The topological polar surface area (TPSA) is 63.9 Å². The van der Waals surface area contributed by atoms with Gasteiger partial charge in [-0.05, 0) is 55.8 Å². The van der Waals surface area contributed by atoms with Crippen LogP contribution in [0.4, 0.5) is 0 Å². The molecule has 1 fully saturated rings. The van der Waals surface area contributed by atoms with Crippen LogP contribution >= 0.6 is 0 Å². The van der Waals surface area contributed by atoms with Gasteiger partial charge in [-0.25, -0.2) is 0 Å². The Bertz CT molecular complexity index is 708. The number of hydrogen-bond donors (Lipinski definition) is 1. The minimum Gasteiger partial charge on any atom is -0.459 e. The molecule has 0 spiro atoms. The van der Waals surface area contributed by atoms with Crippen molar-refractivity contribution in [2.45, 2.75) is 18.9 Å². The van der Waals surface area contributed by atoms with Crippen molar-refractivity contribution in [1.29, 1.82) is 0 Å². The zero-order chi connectivity index (χ0) is 16.4. The summed E-state index contributed by atoms with van der Waals surface area (Å²) in [5, 5.41) is 2.98. The molecule has 126 valence electrons. The van der Waals surface area contributed by atoms with E-state index in [2.05, 4.69) is 16.3 Å². The summed E-state index contributed by atoms with van der Waals surface area (Å²) in [6, 6.07) is 9.50. The van der Waals surface area contributed by atoms with E-state index in [1.54, 1.807) is 12.1 Å². The molecule has 1 aromatic carbocycles. The van der Waals surface area contributed by atoms with Crippen LogP contribution in [0, 0.1) is 0 Å². The first-order valence-electron chi connectivity index (χ1n) is 8.26. The Morgan fingerprint density at radius 3 is 2.79 bits per heavy atom. The van der Waals surface area contributed by atoms with Crippen molar-refractivity contribution in [3.8, 4) is 11.5 Å². The molecule has 1 atom stereocenters. The Labute approximate surface area is 140 Å². The van der Waals surface area contributed by atoms with Crippen LogP contribution in [0.3, 0.4) is 0 Å². The first-order valence-corrected chi connectivity index (χ1v) is 8.26. The van der Waals surface area contributed by atoms with Crippen molar-refractivity contribution < 1.29 is 18.7 Å². The molecule has 0 saturated carbocycles. The van der Waals surface area contributed by atoms with Gasteiger partial charge in [0.15, 0.2) is 17.3 Å². The van der Waals surface area contributed by atoms with Crippen molar-refractivity contribution in [3.05, 3.63) is 47.9 Å². The van der Waals surface area contributed by atoms with E-state index in [1.165, 1.54) is 19.1 Å². The van der Waals surface area contributed by atoms with E-state index < -0.39 is 0 Å². The minimum absolute atomic E-state index is 0.112. The molecule has 1 saturated heterocycles. The van der Waals surface area contributed by atoms with Crippen molar-refractivity contribution >= 4 is 5.91 Å². The summed E-state index contributed by atoms with van der Waals surface area (Å²) in [6.07, 6.45) is 3.88. The van der Waals surface area contributed by atoms with Gasteiger partial charge in [0, 0.05) is 6.54 Å². The van der Waals surface area contributed by atoms with Crippen LogP contribution < -0.4 is 14.8 Å². The highest BCUT2D eigenvalue weighted by Crippen LogP contribution is 2.36. The highest BCUT2D eigenvalue weighted by atomic mass is 16.7. The molecule has 2 aliphatic rings. The van der Waals surface area contributed by atoms with Gasteiger partial charge in [-0.2, -0.15) is 0 Å². The van der Waals surface area contributed by atoms with Crippen LogP contribution in [0.15, 0.2) is 41.0 Å². The summed E-state index contributed by atoms with van der Waals surface area (Å²) < 4.78 is 16.0. The van der Waals surface area contributed by atoms with E-state index in [-0.39, 0.29) is 18.7 Å². The molecule has 0 aliphatic carbocycles. The fourth-order valence-corrected chi connectivity index (χ4v) is 3.32. The number of nitrogens with one attached hydrogen (secondary N) is 1. The molecule has 1 amide bonds. The second kappa shape index (κ2) is 6.57. The van der Waals surface area contributed by atoms with Crippen molar-refractivity contribution in [2.75, 3.05) is 26.4 Å². The summed E-state index contributed by atoms with van der Waals surface area (Å²) in [5.74, 6) is 1.69. The molecule has 6 heteroatoms. The van der Waals surface area contributed by atoms with Crippen LogP contribution in [-0.2, 0) is 0 Å². The van der Waals surface area contributed by atoms with Crippen molar-refractivity contribution in [1.82, 2.24) is 10.2 Å². The molecule has 24 heavy (non-hydrogen) atoms. The van der Waals surface area contributed by atoms with Crippen LogP contribution in [0.5, 0.6) is 11.5 Å². The third kappa shape index (κ3) is 2.97. The van der Waals surface area contributed by atoms with Crippen LogP contribution in [-0.4, -0.2) is 37.2 Å². The zero-order valence-electron chi connectivity index (χ0n) is 13.4. The average Bonchev–Trinajstić information content (AvgIpc) is 3.35. The number of ether oxygens (including phenoxy) is 2. The summed E-state index contributed by atoms with van der Waals surface area (Å²) in [5.41, 5.74) is 1.13. The van der Waals surface area contributed by atoms with Gasteiger partial charge in [0.25, 0.3) is 5.91 Å². The first kappa shape index (κ1) is 15.1. The summed E-state index contributed by atoms with van der Waals surface area (Å²) in [4.78, 5) is 14.6. The molecule has 1 unspecified atom stereocenters. The predicted octanol–water partition coefficient (Wildman–Crippen LogP) is 2.58. The van der Waals surface area contributed by atoms with E-state index in [0.717, 1.165) is 30.2 Å². The third-order valence-corrected chi connectivity index (χ3v) is 4.56. The number of carbonyl (C=O) groups is 1. The van der Waals surface area contributed by atoms with Crippen molar-refractivity contribution in [2.24, 2.45) is 0 Å². The number of nitrogens with zero attached hydrogens (tertiary/aromatic N) is 1. The molecule has 4 rings (SSSR count). The fourth-order valence-electron chi connectivity index (χ4n) is 3.32. The number of likely N-dealkylation sites (tertiary alicyclic amines) is 1. The molecule has 1 N–H and O–H groups in total. The minimum atomic E-state index is -0.190. The van der Waals surface area contributed by atoms with E-state index in [4.69, 9.17) is 13.9 Å². The number of carbonyl (C=O) groups excluding carboxylic acids is 1. The smallest absolute Gasteiger partial charge is 0.287 e. The zero-order valence-corrected chi connectivity index (χ0v) is 13.4. The summed E-state index contributed by atoms with van der Waals surface area (Å²) in [7, 11) is 0. The molecule has 1 aromatic heterocycles. The van der Waals surface area contributed by atoms with Gasteiger partial charge in [-0.3, -0.25) is 9.69 Å². The van der Waals surface area contributed by atoms with Gasteiger partial charge < -0.3 is 19.2 Å². The Morgan fingerprint density at radius 2 is 2.00 bits per heavy atom. The van der Waals surface area contributed by atoms with Gasteiger partial charge in [0.05, 0.1) is 12.3 Å². The van der Waals surface area contributed by atoms with E-state index in [0.29, 0.717) is 12.3 Å². The number of benzene rings is 1. The van der Waals surface area contributed by atoms with E-state index in [1.807, 2.05) is 12.1 Å². The maximum Gasteiger partial charge on any atom is 0.287 e.